The quantitative estimate of drug-likeness (QED) is 0.759. The largest absolute Gasteiger partial charge is 0.465 e. The molecule has 0 bridgehead atoms. The molecule has 1 atom stereocenters. The lowest BCUT2D eigenvalue weighted by atomic mass is 10.0. The second kappa shape index (κ2) is 5.20. The fourth-order valence-corrected chi connectivity index (χ4v) is 1.73. The Hall–Kier alpha value is -0.770. The maximum Gasteiger partial charge on any atom is 0.407 e. The molecule has 14 heavy (non-hydrogen) atoms. The van der Waals surface area contributed by atoms with E-state index in [2.05, 4.69) is 0 Å². The van der Waals surface area contributed by atoms with Gasteiger partial charge in [-0.2, -0.15) is 0 Å². The Kier molecular flexibility index (Phi) is 4.20. The first kappa shape index (κ1) is 11.3. The zero-order valence-corrected chi connectivity index (χ0v) is 8.90. The van der Waals surface area contributed by atoms with E-state index in [0.717, 1.165) is 19.3 Å². The normalized spacial score (nSPS) is 22.8. The van der Waals surface area contributed by atoms with E-state index in [1.165, 1.54) is 4.90 Å². The minimum Gasteiger partial charge on any atom is -0.465 e. The van der Waals surface area contributed by atoms with Gasteiger partial charge in [-0.1, -0.05) is 0 Å². The van der Waals surface area contributed by atoms with E-state index in [0.29, 0.717) is 13.2 Å². The molecule has 0 aliphatic carbocycles. The standard InChI is InChI=1S/C10H19NO3/c1-8(2)14-7-9-5-3-4-6-11(9)10(12)13/h8-9H,3-7H2,1-2H3,(H,12,13). The fraction of sp³-hybridized carbons (Fsp3) is 0.900. The van der Waals surface area contributed by atoms with Crippen molar-refractivity contribution in [3.8, 4) is 0 Å². The number of carbonyl (C=O) groups is 1. The summed E-state index contributed by atoms with van der Waals surface area (Å²) in [4.78, 5) is 12.4. The van der Waals surface area contributed by atoms with Crippen molar-refractivity contribution in [1.29, 1.82) is 0 Å². The molecule has 1 saturated heterocycles. The second-order valence-electron chi connectivity index (χ2n) is 4.01. The molecule has 1 heterocycles. The minimum absolute atomic E-state index is 0.0589. The number of carboxylic acid groups (broad SMARTS) is 1. The SMILES string of the molecule is CC(C)OCC1CCCCN1C(=O)O. The molecule has 1 N–H and O–H groups in total. The van der Waals surface area contributed by atoms with Gasteiger partial charge in [-0.25, -0.2) is 4.79 Å². The molecule has 1 amide bonds. The molecule has 0 aromatic rings. The molecular weight excluding hydrogens is 182 g/mol. The Morgan fingerprint density at radius 1 is 1.57 bits per heavy atom. The van der Waals surface area contributed by atoms with Crippen LogP contribution in [0.2, 0.25) is 0 Å². The van der Waals surface area contributed by atoms with Crippen molar-refractivity contribution in [2.75, 3.05) is 13.2 Å². The smallest absolute Gasteiger partial charge is 0.407 e. The first-order valence-corrected chi connectivity index (χ1v) is 5.22. The zero-order valence-electron chi connectivity index (χ0n) is 8.90. The van der Waals surface area contributed by atoms with Crippen LogP contribution in [0.5, 0.6) is 0 Å². The summed E-state index contributed by atoms with van der Waals surface area (Å²) < 4.78 is 5.46. The Morgan fingerprint density at radius 2 is 2.29 bits per heavy atom. The van der Waals surface area contributed by atoms with Gasteiger partial charge in [0.1, 0.15) is 0 Å². The summed E-state index contributed by atoms with van der Waals surface area (Å²) in [5, 5.41) is 8.94. The van der Waals surface area contributed by atoms with Gasteiger partial charge in [0.25, 0.3) is 0 Å². The molecular formula is C10H19NO3. The lowest BCUT2D eigenvalue weighted by Gasteiger charge is -2.33. The third-order valence-corrected chi connectivity index (χ3v) is 2.49. The van der Waals surface area contributed by atoms with Gasteiger partial charge in [-0.05, 0) is 33.1 Å². The molecule has 1 aliphatic rings. The minimum atomic E-state index is -0.818. The first-order valence-electron chi connectivity index (χ1n) is 5.22. The lowest BCUT2D eigenvalue weighted by molar-refractivity contribution is 0.0147. The van der Waals surface area contributed by atoms with Crippen LogP contribution in [0.4, 0.5) is 4.79 Å². The van der Waals surface area contributed by atoms with Gasteiger partial charge < -0.3 is 14.7 Å². The van der Waals surface area contributed by atoms with E-state index in [1.807, 2.05) is 13.8 Å². The van der Waals surface area contributed by atoms with E-state index < -0.39 is 6.09 Å². The number of nitrogens with zero attached hydrogens (tertiary/aromatic N) is 1. The van der Waals surface area contributed by atoms with Crippen LogP contribution in [-0.4, -0.2) is 41.4 Å². The highest BCUT2D eigenvalue weighted by Gasteiger charge is 2.26. The van der Waals surface area contributed by atoms with E-state index in [4.69, 9.17) is 9.84 Å². The van der Waals surface area contributed by atoms with Gasteiger partial charge in [0.2, 0.25) is 0 Å². The van der Waals surface area contributed by atoms with Gasteiger partial charge in [-0.3, -0.25) is 0 Å². The molecule has 0 radical (unpaired) electrons. The highest BCUT2D eigenvalue weighted by atomic mass is 16.5. The number of piperidine rings is 1. The van der Waals surface area contributed by atoms with Crippen LogP contribution in [0.25, 0.3) is 0 Å². The lowest BCUT2D eigenvalue weighted by Crippen LogP contribution is -2.45. The highest BCUT2D eigenvalue weighted by molar-refractivity contribution is 5.65. The monoisotopic (exact) mass is 201 g/mol. The Balaban J connectivity index is 2.42. The van der Waals surface area contributed by atoms with Crippen LogP contribution >= 0.6 is 0 Å². The summed E-state index contributed by atoms with van der Waals surface area (Å²) in [6.07, 6.45) is 2.37. The summed E-state index contributed by atoms with van der Waals surface area (Å²) in [7, 11) is 0. The van der Waals surface area contributed by atoms with Crippen molar-refractivity contribution in [2.24, 2.45) is 0 Å². The molecule has 0 saturated carbocycles. The van der Waals surface area contributed by atoms with Crippen LogP contribution in [0.3, 0.4) is 0 Å². The average Bonchev–Trinajstić information content (AvgIpc) is 2.15. The average molecular weight is 201 g/mol. The topological polar surface area (TPSA) is 49.8 Å². The summed E-state index contributed by atoms with van der Waals surface area (Å²) in [5.41, 5.74) is 0. The van der Waals surface area contributed by atoms with Crippen molar-refractivity contribution in [1.82, 2.24) is 4.90 Å². The number of ether oxygens (including phenoxy) is 1. The second-order valence-corrected chi connectivity index (χ2v) is 4.01. The van der Waals surface area contributed by atoms with Gasteiger partial charge in [-0.15, -0.1) is 0 Å². The number of hydrogen-bond acceptors (Lipinski definition) is 2. The van der Waals surface area contributed by atoms with Crippen molar-refractivity contribution in [3.63, 3.8) is 0 Å². The molecule has 0 spiro atoms. The number of rotatable bonds is 3. The summed E-state index contributed by atoms with van der Waals surface area (Å²) >= 11 is 0. The molecule has 0 aromatic heterocycles. The molecule has 4 heteroatoms. The van der Waals surface area contributed by atoms with Gasteiger partial charge in [0.15, 0.2) is 0 Å². The fourth-order valence-electron chi connectivity index (χ4n) is 1.73. The first-order chi connectivity index (χ1) is 6.61. The molecule has 0 aromatic carbocycles. The predicted molar refractivity (Wildman–Crippen MR) is 53.5 cm³/mol. The van der Waals surface area contributed by atoms with Crippen molar-refractivity contribution in [3.05, 3.63) is 0 Å². The predicted octanol–water partition coefficient (Wildman–Crippen LogP) is 1.94. The van der Waals surface area contributed by atoms with E-state index in [9.17, 15) is 4.79 Å². The molecule has 1 unspecified atom stereocenters. The van der Waals surface area contributed by atoms with Crippen LogP contribution in [0, 0.1) is 0 Å². The third kappa shape index (κ3) is 3.18. The molecule has 82 valence electrons. The molecule has 1 aliphatic heterocycles. The van der Waals surface area contributed by atoms with Crippen molar-refractivity contribution < 1.29 is 14.6 Å². The van der Waals surface area contributed by atoms with Crippen LogP contribution in [0.1, 0.15) is 33.1 Å². The highest BCUT2D eigenvalue weighted by Crippen LogP contribution is 2.17. The van der Waals surface area contributed by atoms with Crippen molar-refractivity contribution >= 4 is 6.09 Å². The molecule has 4 nitrogen and oxygen atoms in total. The van der Waals surface area contributed by atoms with Gasteiger partial charge in [0, 0.05) is 6.54 Å². The maximum absolute atomic E-state index is 10.9. The molecule has 1 fully saturated rings. The Morgan fingerprint density at radius 3 is 2.86 bits per heavy atom. The maximum atomic E-state index is 10.9. The number of amides is 1. The van der Waals surface area contributed by atoms with E-state index in [-0.39, 0.29) is 12.1 Å². The van der Waals surface area contributed by atoms with E-state index >= 15 is 0 Å². The van der Waals surface area contributed by atoms with Crippen LogP contribution in [-0.2, 0) is 4.74 Å². The van der Waals surface area contributed by atoms with Crippen LogP contribution in [0.15, 0.2) is 0 Å². The van der Waals surface area contributed by atoms with Gasteiger partial charge in [0.05, 0.1) is 18.8 Å². The van der Waals surface area contributed by atoms with Crippen molar-refractivity contribution in [2.45, 2.75) is 45.3 Å². The third-order valence-electron chi connectivity index (χ3n) is 2.49. The Labute approximate surface area is 84.8 Å². The number of hydrogen-bond donors (Lipinski definition) is 1. The summed E-state index contributed by atoms with van der Waals surface area (Å²) in [6, 6.07) is 0.0589. The Bertz CT molecular complexity index is 194. The van der Waals surface area contributed by atoms with Crippen LogP contribution < -0.4 is 0 Å². The zero-order chi connectivity index (χ0) is 10.6. The summed E-state index contributed by atoms with van der Waals surface area (Å²) in [5.74, 6) is 0. The summed E-state index contributed by atoms with van der Waals surface area (Å²) in [6.45, 7) is 5.12. The van der Waals surface area contributed by atoms with E-state index in [1.54, 1.807) is 0 Å². The van der Waals surface area contributed by atoms with Gasteiger partial charge >= 0.3 is 6.09 Å². The molecule has 1 rings (SSSR count). The number of likely N-dealkylation sites (tertiary alicyclic amines) is 1.